The fraction of sp³-hybridized carbons (Fsp3) is 0.364. The Morgan fingerprint density at radius 3 is 2.52 bits per heavy atom. The summed E-state index contributed by atoms with van der Waals surface area (Å²) in [6.07, 6.45) is 2.12. The van der Waals surface area contributed by atoms with Gasteiger partial charge in [-0.2, -0.15) is 0 Å². The van der Waals surface area contributed by atoms with Crippen molar-refractivity contribution in [3.05, 3.63) is 70.7 Å². The van der Waals surface area contributed by atoms with Crippen molar-refractivity contribution in [3.8, 4) is 0 Å². The van der Waals surface area contributed by atoms with Gasteiger partial charge in [-0.15, -0.1) is 0 Å². The molecule has 0 heterocycles. The van der Waals surface area contributed by atoms with E-state index in [2.05, 4.69) is 5.32 Å². The lowest BCUT2D eigenvalue weighted by atomic mass is 9.94. The van der Waals surface area contributed by atoms with Crippen LogP contribution in [0.2, 0.25) is 5.02 Å². The molecule has 2 aromatic rings. The van der Waals surface area contributed by atoms with E-state index in [1.54, 1.807) is 13.0 Å². The molecule has 27 heavy (non-hydrogen) atoms. The van der Waals surface area contributed by atoms with Gasteiger partial charge >= 0.3 is 5.97 Å². The van der Waals surface area contributed by atoms with Crippen LogP contribution in [0.15, 0.2) is 54.6 Å². The maximum absolute atomic E-state index is 12.9. The highest BCUT2D eigenvalue weighted by atomic mass is 35.5. The van der Waals surface area contributed by atoms with Crippen LogP contribution in [0.3, 0.4) is 0 Å². The number of amides is 1. The standard InChI is InChI=1S/C22H24ClNO3/c1-2-27-20(25)17(13-16-7-4-3-5-8-16)15-24-21(26)22(11-12-22)18-9-6-10-19(23)14-18/h3-10,14,17H,2,11-13,15H2,1H3,(H,24,26). The third kappa shape index (κ3) is 4.69. The molecule has 0 aromatic heterocycles. The molecule has 4 nitrogen and oxygen atoms in total. The van der Waals surface area contributed by atoms with Crippen LogP contribution in [0.1, 0.15) is 30.9 Å². The Hall–Kier alpha value is -2.33. The zero-order valence-corrected chi connectivity index (χ0v) is 16.2. The fourth-order valence-electron chi connectivity index (χ4n) is 3.34. The van der Waals surface area contributed by atoms with Crippen LogP contribution in [0.5, 0.6) is 0 Å². The number of ether oxygens (including phenoxy) is 1. The minimum absolute atomic E-state index is 0.0490. The first-order valence-corrected chi connectivity index (χ1v) is 9.68. The molecule has 0 aliphatic heterocycles. The third-order valence-electron chi connectivity index (χ3n) is 5.02. The fourth-order valence-corrected chi connectivity index (χ4v) is 3.53. The molecule has 142 valence electrons. The summed E-state index contributed by atoms with van der Waals surface area (Å²) in [6.45, 7) is 2.37. The average molecular weight is 386 g/mol. The molecule has 0 spiro atoms. The summed E-state index contributed by atoms with van der Waals surface area (Å²) in [7, 11) is 0. The number of esters is 1. The van der Waals surface area contributed by atoms with Gasteiger partial charge in [0.05, 0.1) is 17.9 Å². The largest absolute Gasteiger partial charge is 0.466 e. The van der Waals surface area contributed by atoms with Gasteiger partial charge in [-0.1, -0.05) is 54.1 Å². The molecule has 3 rings (SSSR count). The van der Waals surface area contributed by atoms with Crippen molar-refractivity contribution in [2.24, 2.45) is 5.92 Å². The predicted octanol–water partition coefficient (Wildman–Crippen LogP) is 3.91. The number of rotatable bonds is 8. The van der Waals surface area contributed by atoms with Crippen molar-refractivity contribution in [1.29, 1.82) is 0 Å². The van der Waals surface area contributed by atoms with E-state index in [0.29, 0.717) is 18.1 Å². The zero-order valence-electron chi connectivity index (χ0n) is 15.4. The highest BCUT2D eigenvalue weighted by Crippen LogP contribution is 2.48. The summed E-state index contributed by atoms with van der Waals surface area (Å²) < 4.78 is 5.20. The van der Waals surface area contributed by atoms with Crippen molar-refractivity contribution < 1.29 is 14.3 Å². The molecule has 1 atom stereocenters. The summed E-state index contributed by atoms with van der Waals surface area (Å²) in [5.74, 6) is -0.743. The summed E-state index contributed by atoms with van der Waals surface area (Å²) in [4.78, 5) is 25.2. The molecule has 1 fully saturated rings. The second kappa shape index (κ2) is 8.57. The van der Waals surface area contributed by atoms with Crippen molar-refractivity contribution in [1.82, 2.24) is 5.32 Å². The SMILES string of the molecule is CCOC(=O)C(CNC(=O)C1(c2cccc(Cl)c2)CC1)Cc1ccccc1. The number of carbonyl (C=O) groups is 2. The molecule has 1 saturated carbocycles. The molecule has 0 saturated heterocycles. The Bertz CT molecular complexity index is 802. The lowest BCUT2D eigenvalue weighted by molar-refractivity contribution is -0.147. The highest BCUT2D eigenvalue weighted by molar-refractivity contribution is 6.30. The van der Waals surface area contributed by atoms with E-state index in [-0.39, 0.29) is 18.4 Å². The first-order chi connectivity index (χ1) is 13.0. The number of benzene rings is 2. The van der Waals surface area contributed by atoms with Crippen LogP contribution in [0, 0.1) is 5.92 Å². The van der Waals surface area contributed by atoms with Crippen LogP contribution in [0.4, 0.5) is 0 Å². The maximum atomic E-state index is 12.9. The normalized spacial score (nSPS) is 15.6. The van der Waals surface area contributed by atoms with E-state index in [1.807, 2.05) is 48.5 Å². The lowest BCUT2D eigenvalue weighted by Crippen LogP contribution is -2.40. The summed E-state index contributed by atoms with van der Waals surface area (Å²) in [5.41, 5.74) is 1.46. The van der Waals surface area contributed by atoms with Crippen molar-refractivity contribution in [2.75, 3.05) is 13.2 Å². The molecule has 1 aliphatic carbocycles. The molecule has 2 aromatic carbocycles. The minimum Gasteiger partial charge on any atom is -0.466 e. The number of hydrogen-bond donors (Lipinski definition) is 1. The van der Waals surface area contributed by atoms with Crippen molar-refractivity contribution >= 4 is 23.5 Å². The topological polar surface area (TPSA) is 55.4 Å². The molecule has 1 aliphatic rings. The van der Waals surface area contributed by atoms with Gasteiger partial charge in [0.1, 0.15) is 0 Å². The highest BCUT2D eigenvalue weighted by Gasteiger charge is 2.51. The Kier molecular flexibility index (Phi) is 6.17. The third-order valence-corrected chi connectivity index (χ3v) is 5.25. The van der Waals surface area contributed by atoms with Crippen molar-refractivity contribution in [3.63, 3.8) is 0 Å². The summed E-state index contributed by atoms with van der Waals surface area (Å²) in [6, 6.07) is 17.2. The first kappa shape index (κ1) is 19.4. The quantitative estimate of drug-likeness (QED) is 0.701. The van der Waals surface area contributed by atoms with Crippen LogP contribution >= 0.6 is 11.6 Å². The van der Waals surface area contributed by atoms with Crippen LogP contribution in [-0.4, -0.2) is 25.0 Å². The van der Waals surface area contributed by atoms with E-state index in [1.165, 1.54) is 0 Å². The van der Waals surface area contributed by atoms with E-state index >= 15 is 0 Å². The summed E-state index contributed by atoms with van der Waals surface area (Å²) in [5, 5.41) is 3.61. The van der Waals surface area contributed by atoms with Crippen LogP contribution in [0.25, 0.3) is 0 Å². The minimum atomic E-state index is -0.517. The van der Waals surface area contributed by atoms with Gasteiger partial charge < -0.3 is 10.1 Å². The predicted molar refractivity (Wildman–Crippen MR) is 106 cm³/mol. The second-order valence-corrected chi connectivity index (χ2v) is 7.38. The molecule has 1 N–H and O–H groups in total. The van der Waals surface area contributed by atoms with E-state index in [4.69, 9.17) is 16.3 Å². The lowest BCUT2D eigenvalue weighted by Gasteiger charge is -2.20. The number of halogens is 1. The smallest absolute Gasteiger partial charge is 0.311 e. The molecule has 0 bridgehead atoms. The first-order valence-electron chi connectivity index (χ1n) is 9.30. The van der Waals surface area contributed by atoms with Gasteiger partial charge in [0.25, 0.3) is 0 Å². The van der Waals surface area contributed by atoms with Gasteiger partial charge in [0.15, 0.2) is 0 Å². The second-order valence-electron chi connectivity index (χ2n) is 6.94. The van der Waals surface area contributed by atoms with Gasteiger partial charge in [-0.05, 0) is 49.4 Å². The molecule has 1 amide bonds. The van der Waals surface area contributed by atoms with Crippen molar-refractivity contribution in [2.45, 2.75) is 31.6 Å². The van der Waals surface area contributed by atoms with Gasteiger partial charge in [0.2, 0.25) is 5.91 Å². The Morgan fingerprint density at radius 2 is 1.89 bits per heavy atom. The zero-order chi connectivity index (χ0) is 19.3. The van der Waals surface area contributed by atoms with Crippen LogP contribution < -0.4 is 5.32 Å². The Labute approximate surface area is 164 Å². The average Bonchev–Trinajstić information content (AvgIpc) is 3.48. The maximum Gasteiger partial charge on any atom is 0.311 e. The molecular formula is C22H24ClNO3. The molecular weight excluding hydrogens is 362 g/mol. The monoisotopic (exact) mass is 385 g/mol. The van der Waals surface area contributed by atoms with E-state index in [9.17, 15) is 9.59 Å². The van der Waals surface area contributed by atoms with Crippen LogP contribution in [-0.2, 0) is 26.2 Å². The number of nitrogens with one attached hydrogen (secondary N) is 1. The van der Waals surface area contributed by atoms with E-state index < -0.39 is 11.3 Å². The van der Waals surface area contributed by atoms with Gasteiger partial charge in [-0.3, -0.25) is 9.59 Å². The van der Waals surface area contributed by atoms with E-state index in [0.717, 1.165) is 24.0 Å². The van der Waals surface area contributed by atoms with Gasteiger partial charge in [0, 0.05) is 11.6 Å². The Balaban J connectivity index is 1.67. The molecule has 1 unspecified atom stereocenters. The summed E-state index contributed by atoms with van der Waals surface area (Å²) >= 11 is 6.08. The van der Waals surface area contributed by atoms with Gasteiger partial charge in [-0.25, -0.2) is 0 Å². The molecule has 5 heteroatoms. The number of hydrogen-bond acceptors (Lipinski definition) is 3. The molecule has 0 radical (unpaired) electrons. The number of carbonyl (C=O) groups excluding carboxylic acids is 2. The Morgan fingerprint density at radius 1 is 1.15 bits per heavy atom.